The largest absolute Gasteiger partial charge is 0.461 e. The lowest BCUT2D eigenvalue weighted by atomic mass is 10.2. The quantitative estimate of drug-likeness (QED) is 0.319. The zero-order chi connectivity index (χ0) is 19.3. The summed E-state index contributed by atoms with van der Waals surface area (Å²) in [5, 5.41) is 2.95. The van der Waals surface area contributed by atoms with Crippen molar-refractivity contribution in [3.63, 3.8) is 0 Å². The highest BCUT2D eigenvalue weighted by Gasteiger charge is 2.44. The molecule has 0 aliphatic carbocycles. The molecule has 1 aliphatic rings. The van der Waals surface area contributed by atoms with Crippen molar-refractivity contribution in [3.8, 4) is 5.75 Å². The molecule has 1 aromatic rings. The summed E-state index contributed by atoms with van der Waals surface area (Å²) in [5.41, 5.74) is 0.454. The van der Waals surface area contributed by atoms with E-state index in [0.717, 1.165) is 12.1 Å². The number of carbonyl (C=O) groups excluding carboxylic acids is 1. The maximum absolute atomic E-state index is 13.0. The van der Waals surface area contributed by atoms with Crippen LogP contribution in [0.25, 0.3) is 6.08 Å². The second-order valence-electron chi connectivity index (χ2n) is 5.33. The third kappa shape index (κ3) is 4.92. The van der Waals surface area contributed by atoms with Gasteiger partial charge in [0.1, 0.15) is 11.4 Å². The Labute approximate surface area is 152 Å². The summed E-state index contributed by atoms with van der Waals surface area (Å²) < 4.78 is 59.4. The molecule has 1 fully saturated rings. The Morgan fingerprint density at radius 3 is 2.77 bits per heavy atom. The fraction of sp³-hybridized carbons (Fsp3) is 0.375. The third-order valence-corrected chi connectivity index (χ3v) is 3.69. The first kappa shape index (κ1) is 20.1. The van der Waals surface area contributed by atoms with Crippen LogP contribution < -0.4 is 10.1 Å². The number of halogens is 4. The van der Waals surface area contributed by atoms with Gasteiger partial charge in [-0.05, 0) is 42.4 Å². The molecule has 0 bridgehead atoms. The number of ether oxygens (including phenoxy) is 2. The summed E-state index contributed by atoms with van der Waals surface area (Å²) in [6.07, 6.45) is -6.60. The molecule has 1 amide bonds. The number of hydrogen-bond acceptors (Lipinski definition) is 4. The van der Waals surface area contributed by atoms with Gasteiger partial charge in [-0.15, -0.1) is 0 Å². The van der Waals surface area contributed by atoms with Crippen LogP contribution >= 0.6 is 12.2 Å². The van der Waals surface area contributed by atoms with Crippen LogP contribution in [-0.4, -0.2) is 48.7 Å². The van der Waals surface area contributed by atoms with E-state index in [0.29, 0.717) is 25.1 Å². The zero-order valence-electron chi connectivity index (χ0n) is 13.7. The highest BCUT2D eigenvalue weighted by Crippen LogP contribution is 2.28. The highest BCUT2D eigenvalue weighted by atomic mass is 32.1. The molecule has 0 radical (unpaired) electrons. The second-order valence-corrected chi connectivity index (χ2v) is 5.72. The lowest BCUT2D eigenvalue weighted by Crippen LogP contribution is -2.33. The van der Waals surface area contributed by atoms with Crippen molar-refractivity contribution in [1.82, 2.24) is 10.2 Å². The van der Waals surface area contributed by atoms with Crippen LogP contribution in [0.4, 0.5) is 17.6 Å². The number of benzene rings is 1. The minimum absolute atomic E-state index is 0.144. The van der Waals surface area contributed by atoms with Crippen LogP contribution in [0.15, 0.2) is 30.0 Å². The number of rotatable bonds is 8. The monoisotopic (exact) mass is 392 g/mol. The summed E-state index contributed by atoms with van der Waals surface area (Å²) in [5.74, 6) is -0.829. The smallest absolute Gasteiger partial charge is 0.428 e. The summed E-state index contributed by atoms with van der Waals surface area (Å²) in [6.45, 7) is 0.822. The zero-order valence-corrected chi connectivity index (χ0v) is 14.5. The number of amides is 1. The predicted octanol–water partition coefficient (Wildman–Crippen LogP) is 3.02. The van der Waals surface area contributed by atoms with Gasteiger partial charge < -0.3 is 14.8 Å². The maximum Gasteiger partial charge on any atom is 0.461 e. The van der Waals surface area contributed by atoms with E-state index in [9.17, 15) is 22.4 Å². The van der Waals surface area contributed by atoms with E-state index >= 15 is 0 Å². The minimum Gasteiger partial charge on any atom is -0.428 e. The first-order valence-electron chi connectivity index (χ1n) is 7.53. The fourth-order valence-electron chi connectivity index (χ4n) is 2.18. The Hall–Kier alpha value is -2.20. The first-order chi connectivity index (χ1) is 12.2. The molecular formula is C16H16F4N2O3S. The van der Waals surface area contributed by atoms with E-state index < -0.39 is 18.3 Å². The van der Waals surface area contributed by atoms with Crippen LogP contribution in [0.2, 0.25) is 0 Å². The number of thiocarbonyl (C=S) groups is 1. The lowest BCUT2D eigenvalue weighted by Gasteiger charge is -2.16. The Bertz CT molecular complexity index is 712. The Morgan fingerprint density at radius 2 is 2.12 bits per heavy atom. The summed E-state index contributed by atoms with van der Waals surface area (Å²) in [6, 6.07) is 5.09. The molecule has 1 aliphatic heterocycles. The van der Waals surface area contributed by atoms with E-state index in [4.69, 9.17) is 17.0 Å². The standard InChI is InChI=1S/C16H16F4N2O3S/c1-24-7-3-6-22-13(23)12(21-15(22)26)9-10-4-2-5-11(8-10)25-16(19,20)14(17)18/h2,4-5,8-9,14H,3,6-7H2,1H3,(H,21,26)/b12-9+. The Kier molecular flexibility index (Phi) is 6.54. The van der Waals surface area contributed by atoms with Crippen LogP contribution in [0.1, 0.15) is 12.0 Å². The number of hydrogen-bond donors (Lipinski definition) is 1. The molecule has 0 aromatic heterocycles. The molecule has 1 heterocycles. The molecule has 10 heteroatoms. The molecule has 1 saturated heterocycles. The summed E-state index contributed by atoms with van der Waals surface area (Å²) in [7, 11) is 1.54. The molecule has 0 spiro atoms. The number of methoxy groups -OCH3 is 1. The van der Waals surface area contributed by atoms with Gasteiger partial charge in [0, 0.05) is 20.3 Å². The highest BCUT2D eigenvalue weighted by molar-refractivity contribution is 7.80. The van der Waals surface area contributed by atoms with Crippen molar-refractivity contribution in [2.75, 3.05) is 20.3 Å². The van der Waals surface area contributed by atoms with Gasteiger partial charge in [-0.3, -0.25) is 9.69 Å². The maximum atomic E-state index is 13.0. The van der Waals surface area contributed by atoms with E-state index in [2.05, 4.69) is 10.1 Å². The van der Waals surface area contributed by atoms with Gasteiger partial charge in [-0.25, -0.2) is 0 Å². The van der Waals surface area contributed by atoms with Crippen molar-refractivity contribution < 1.29 is 31.8 Å². The first-order valence-corrected chi connectivity index (χ1v) is 7.94. The van der Waals surface area contributed by atoms with Crippen LogP contribution in [0.3, 0.4) is 0 Å². The molecule has 1 aromatic carbocycles. The lowest BCUT2D eigenvalue weighted by molar-refractivity contribution is -0.253. The van der Waals surface area contributed by atoms with E-state index in [-0.39, 0.29) is 16.7 Å². The molecule has 2 rings (SSSR count). The average Bonchev–Trinajstić information content (AvgIpc) is 2.82. The molecule has 0 unspecified atom stereocenters. The normalized spacial score (nSPS) is 16.5. The van der Waals surface area contributed by atoms with E-state index in [1.165, 1.54) is 23.1 Å². The molecule has 0 saturated carbocycles. The Balaban J connectivity index is 2.13. The molecule has 5 nitrogen and oxygen atoms in total. The molecule has 1 N–H and O–H groups in total. The van der Waals surface area contributed by atoms with Crippen LogP contribution in [0, 0.1) is 0 Å². The topological polar surface area (TPSA) is 50.8 Å². The third-order valence-electron chi connectivity index (χ3n) is 3.37. The van der Waals surface area contributed by atoms with Crippen LogP contribution in [-0.2, 0) is 9.53 Å². The molecule has 26 heavy (non-hydrogen) atoms. The van der Waals surface area contributed by atoms with Crippen molar-refractivity contribution in [2.24, 2.45) is 0 Å². The van der Waals surface area contributed by atoms with Crippen LogP contribution in [0.5, 0.6) is 5.75 Å². The molecular weight excluding hydrogens is 376 g/mol. The van der Waals surface area contributed by atoms with E-state index in [1.54, 1.807) is 7.11 Å². The van der Waals surface area contributed by atoms with Crippen molar-refractivity contribution in [2.45, 2.75) is 19.0 Å². The SMILES string of the molecule is COCCCN1C(=O)/C(=C\c2cccc(OC(F)(F)C(F)F)c2)NC1=S. The predicted molar refractivity (Wildman–Crippen MR) is 89.9 cm³/mol. The number of alkyl halides is 4. The van der Waals surface area contributed by atoms with Gasteiger partial charge in [0.2, 0.25) is 0 Å². The summed E-state index contributed by atoms with van der Waals surface area (Å²) >= 11 is 5.09. The number of carbonyl (C=O) groups is 1. The molecule has 0 atom stereocenters. The average molecular weight is 392 g/mol. The van der Waals surface area contributed by atoms with E-state index in [1.807, 2.05) is 0 Å². The van der Waals surface area contributed by atoms with Gasteiger partial charge in [-0.1, -0.05) is 12.1 Å². The number of nitrogens with one attached hydrogen (secondary N) is 1. The van der Waals surface area contributed by atoms with Crippen molar-refractivity contribution in [1.29, 1.82) is 0 Å². The minimum atomic E-state index is -4.60. The number of nitrogens with zero attached hydrogens (tertiary/aromatic N) is 1. The summed E-state index contributed by atoms with van der Waals surface area (Å²) in [4.78, 5) is 13.7. The van der Waals surface area contributed by atoms with Gasteiger partial charge in [0.05, 0.1) is 0 Å². The van der Waals surface area contributed by atoms with Gasteiger partial charge >= 0.3 is 12.5 Å². The van der Waals surface area contributed by atoms with Crippen molar-refractivity contribution in [3.05, 3.63) is 35.5 Å². The Morgan fingerprint density at radius 1 is 1.38 bits per heavy atom. The molecule has 142 valence electrons. The van der Waals surface area contributed by atoms with Gasteiger partial charge in [-0.2, -0.15) is 17.6 Å². The second kappa shape index (κ2) is 8.45. The van der Waals surface area contributed by atoms with Gasteiger partial charge in [0.25, 0.3) is 5.91 Å². The fourth-order valence-corrected chi connectivity index (χ4v) is 2.46. The van der Waals surface area contributed by atoms with Gasteiger partial charge in [0.15, 0.2) is 5.11 Å². The van der Waals surface area contributed by atoms with Crippen molar-refractivity contribution >= 4 is 29.3 Å².